The van der Waals surface area contributed by atoms with Gasteiger partial charge in [0.2, 0.25) is 0 Å². The fraction of sp³-hybridized carbons (Fsp3) is 0. The molecule has 0 bridgehead atoms. The number of carboxylic acids is 1. The molecule has 2 N–H and O–H groups in total. The molecule has 8 nitrogen and oxygen atoms in total. The predicted octanol–water partition coefficient (Wildman–Crippen LogP) is 0.0505. The van der Waals surface area contributed by atoms with Crippen LogP contribution in [-0.4, -0.2) is 36.3 Å². The van der Waals surface area contributed by atoms with Gasteiger partial charge in [0.15, 0.2) is 10.6 Å². The first-order valence-corrected chi connectivity index (χ1v) is 6.55. The van der Waals surface area contributed by atoms with Gasteiger partial charge in [-0.1, -0.05) is 6.07 Å². The summed E-state index contributed by atoms with van der Waals surface area (Å²) in [7, 11) is -4.38. The van der Waals surface area contributed by atoms with E-state index in [-0.39, 0.29) is 11.5 Å². The number of nitrogens with zero attached hydrogens (tertiary/aromatic N) is 1. The Bertz CT molecular complexity index is 761. The Hall–Kier alpha value is -2.68. The smallest absolute Gasteiger partial charge is 0.363 e. The van der Waals surface area contributed by atoms with Crippen LogP contribution in [-0.2, 0) is 19.6 Å². The Kier molecular flexibility index (Phi) is 3.28. The summed E-state index contributed by atoms with van der Waals surface area (Å²) in [5.74, 6) is -3.05. The molecule has 0 saturated carbocycles. The topological polar surface area (TPSA) is 130 Å². The number of hydrogen-bond acceptors (Lipinski definition) is 6. The van der Waals surface area contributed by atoms with Crippen LogP contribution in [0.5, 0.6) is 11.5 Å². The number of phenolic OH excluding ortho intramolecular Hbond substituents is 1. The van der Waals surface area contributed by atoms with E-state index >= 15 is 0 Å². The zero-order valence-corrected chi connectivity index (χ0v) is 10.5. The van der Waals surface area contributed by atoms with Gasteiger partial charge in [-0.3, -0.25) is 0 Å². The van der Waals surface area contributed by atoms with Gasteiger partial charge >= 0.3 is 11.9 Å². The van der Waals surface area contributed by atoms with E-state index in [0.29, 0.717) is 6.08 Å². The molecular weight excluding hydrogens is 290 g/mol. The minimum atomic E-state index is -4.38. The van der Waals surface area contributed by atoms with Crippen molar-refractivity contribution in [1.82, 2.24) is 0 Å². The molecule has 1 heterocycles. The van der Waals surface area contributed by atoms with Gasteiger partial charge in [0, 0.05) is 12.1 Å². The lowest BCUT2D eigenvalue weighted by Crippen LogP contribution is -2.17. The van der Waals surface area contributed by atoms with Gasteiger partial charge in [0.25, 0.3) is 10.0 Å². The van der Waals surface area contributed by atoms with E-state index in [0.717, 1.165) is 6.07 Å². The number of phenols is 1. The van der Waals surface area contributed by atoms with Crippen LogP contribution in [0.4, 0.5) is 0 Å². The van der Waals surface area contributed by atoms with E-state index in [2.05, 4.69) is 4.40 Å². The molecule has 9 heteroatoms. The lowest BCUT2D eigenvalue weighted by atomic mass is 10.3. The van der Waals surface area contributed by atoms with Crippen LogP contribution in [0.1, 0.15) is 0 Å². The zero-order valence-electron chi connectivity index (χ0n) is 9.68. The summed E-state index contributed by atoms with van der Waals surface area (Å²) in [6.07, 6.45) is 0.614. The number of carbonyl (C=O) groups excluding carboxylic acids is 1. The second-order valence-corrected chi connectivity index (χ2v) is 5.22. The summed E-state index contributed by atoms with van der Waals surface area (Å²) in [5, 5.41) is 17.9. The molecule has 0 fully saturated rings. The van der Waals surface area contributed by atoms with Crippen molar-refractivity contribution in [2.24, 2.45) is 4.40 Å². The predicted molar refractivity (Wildman–Crippen MR) is 65.8 cm³/mol. The summed E-state index contributed by atoms with van der Waals surface area (Å²) < 4.78 is 30.5. The summed E-state index contributed by atoms with van der Waals surface area (Å²) in [4.78, 5) is 21.3. The Morgan fingerprint density at radius 2 is 1.95 bits per heavy atom. The van der Waals surface area contributed by atoms with E-state index < -0.39 is 32.6 Å². The third kappa shape index (κ3) is 2.67. The molecule has 104 valence electrons. The second kappa shape index (κ2) is 4.78. The number of carboxylic acid groups (broad SMARTS) is 1. The van der Waals surface area contributed by atoms with Gasteiger partial charge in [-0.2, -0.15) is 12.8 Å². The van der Waals surface area contributed by atoms with Crippen LogP contribution in [0, 0.1) is 0 Å². The first-order chi connectivity index (χ1) is 9.29. The fourth-order valence-electron chi connectivity index (χ4n) is 1.38. The summed E-state index contributed by atoms with van der Waals surface area (Å²) in [6, 6.07) is 5.23. The molecule has 0 saturated heterocycles. The molecular formula is C11H7NO7S. The number of esters is 1. The van der Waals surface area contributed by atoms with Crippen LogP contribution in [0.2, 0.25) is 0 Å². The van der Waals surface area contributed by atoms with Crippen molar-refractivity contribution in [1.29, 1.82) is 0 Å². The third-order valence-corrected chi connectivity index (χ3v) is 3.50. The molecule has 0 aliphatic carbocycles. The van der Waals surface area contributed by atoms with Gasteiger partial charge in [0.1, 0.15) is 11.5 Å². The zero-order chi connectivity index (χ0) is 14.9. The van der Waals surface area contributed by atoms with Gasteiger partial charge in [0.05, 0.1) is 0 Å². The molecule has 1 aromatic carbocycles. The Morgan fingerprint density at radius 1 is 1.25 bits per heavy atom. The number of ether oxygens (including phenoxy) is 1. The van der Waals surface area contributed by atoms with Gasteiger partial charge in [-0.15, -0.1) is 0 Å². The SMILES string of the molecule is O=C(O)C1=CC(C(=O)Oc2cccc(O)c2)=NS1(=O)=O. The maximum Gasteiger partial charge on any atom is 0.363 e. The van der Waals surface area contributed by atoms with Gasteiger partial charge in [-0.05, 0) is 12.1 Å². The molecule has 0 atom stereocenters. The van der Waals surface area contributed by atoms with E-state index in [1.54, 1.807) is 0 Å². The van der Waals surface area contributed by atoms with Crippen molar-refractivity contribution in [3.05, 3.63) is 35.2 Å². The molecule has 2 rings (SSSR count). The highest BCUT2D eigenvalue weighted by molar-refractivity contribution is 7.95. The molecule has 0 spiro atoms. The molecule has 1 aliphatic heterocycles. The molecule has 0 radical (unpaired) electrons. The normalized spacial score (nSPS) is 16.2. The molecule has 1 aromatic rings. The van der Waals surface area contributed by atoms with Crippen LogP contribution < -0.4 is 4.74 Å². The number of sulfonamides is 1. The number of aliphatic carboxylic acids is 1. The molecule has 0 aromatic heterocycles. The number of aromatic hydroxyl groups is 1. The van der Waals surface area contributed by atoms with E-state index in [4.69, 9.17) is 9.84 Å². The standard InChI is InChI=1S/C11H7NO7S/c13-6-2-1-3-7(4-6)19-11(16)8-5-9(10(14)15)20(17,18)12-8/h1-5,13H,(H,14,15). The van der Waals surface area contributed by atoms with E-state index in [9.17, 15) is 23.1 Å². The molecule has 20 heavy (non-hydrogen) atoms. The molecule has 0 amide bonds. The van der Waals surface area contributed by atoms with Gasteiger partial charge < -0.3 is 14.9 Å². The monoisotopic (exact) mass is 297 g/mol. The number of benzene rings is 1. The van der Waals surface area contributed by atoms with E-state index in [1.165, 1.54) is 18.2 Å². The van der Waals surface area contributed by atoms with Crippen LogP contribution in [0.15, 0.2) is 39.6 Å². The Labute approximate surface area is 112 Å². The maximum absolute atomic E-state index is 11.6. The van der Waals surface area contributed by atoms with Crippen LogP contribution in [0.3, 0.4) is 0 Å². The number of carbonyl (C=O) groups is 2. The van der Waals surface area contributed by atoms with Crippen molar-refractivity contribution in [3.8, 4) is 11.5 Å². The van der Waals surface area contributed by atoms with Crippen LogP contribution in [0.25, 0.3) is 0 Å². The number of hydrogen-bond donors (Lipinski definition) is 2. The highest BCUT2D eigenvalue weighted by Crippen LogP contribution is 2.21. The number of rotatable bonds is 3. The lowest BCUT2D eigenvalue weighted by molar-refractivity contribution is -0.131. The van der Waals surface area contributed by atoms with Crippen molar-refractivity contribution in [2.75, 3.05) is 0 Å². The summed E-state index contributed by atoms with van der Waals surface area (Å²) in [5.41, 5.74) is -0.647. The largest absolute Gasteiger partial charge is 0.508 e. The van der Waals surface area contributed by atoms with Crippen molar-refractivity contribution >= 4 is 27.7 Å². The quantitative estimate of drug-likeness (QED) is 0.595. The average Bonchev–Trinajstić information content (AvgIpc) is 2.65. The fourth-order valence-corrected chi connectivity index (χ4v) is 2.34. The summed E-state index contributed by atoms with van der Waals surface area (Å²) >= 11 is 0. The first kappa shape index (κ1) is 13.7. The molecule has 0 unspecified atom stereocenters. The van der Waals surface area contributed by atoms with E-state index in [1.807, 2.05) is 0 Å². The van der Waals surface area contributed by atoms with Crippen molar-refractivity contribution < 1.29 is 33.0 Å². The average molecular weight is 297 g/mol. The minimum absolute atomic E-state index is 0.0349. The first-order valence-electron chi connectivity index (χ1n) is 5.11. The van der Waals surface area contributed by atoms with Crippen molar-refractivity contribution in [3.63, 3.8) is 0 Å². The lowest BCUT2D eigenvalue weighted by Gasteiger charge is -2.02. The summed E-state index contributed by atoms with van der Waals surface area (Å²) in [6.45, 7) is 0. The second-order valence-electron chi connectivity index (χ2n) is 3.65. The van der Waals surface area contributed by atoms with Gasteiger partial charge in [-0.25, -0.2) is 9.59 Å². The van der Waals surface area contributed by atoms with Crippen LogP contribution >= 0.6 is 0 Å². The highest BCUT2D eigenvalue weighted by atomic mass is 32.2. The highest BCUT2D eigenvalue weighted by Gasteiger charge is 2.33. The Morgan fingerprint density at radius 3 is 2.50 bits per heavy atom. The van der Waals surface area contributed by atoms with Crippen molar-refractivity contribution in [2.45, 2.75) is 0 Å². The maximum atomic E-state index is 11.6. The Balaban J connectivity index is 2.26. The molecule has 1 aliphatic rings. The minimum Gasteiger partial charge on any atom is -0.508 e. The third-order valence-electron chi connectivity index (χ3n) is 2.21.